The quantitative estimate of drug-likeness (QED) is 0.790. The van der Waals surface area contributed by atoms with Crippen LogP contribution in [0.1, 0.15) is 38.7 Å². The molecule has 0 aromatic heterocycles. The van der Waals surface area contributed by atoms with Crippen LogP contribution in [0.15, 0.2) is 18.2 Å². The third kappa shape index (κ3) is 4.31. The Kier molecular flexibility index (Phi) is 6.06. The molecule has 1 aliphatic heterocycles. The second-order valence-electron chi connectivity index (χ2n) is 6.73. The maximum Gasteiger partial charge on any atom is 0.227 e. The van der Waals surface area contributed by atoms with E-state index < -0.39 is 11.5 Å². The van der Waals surface area contributed by atoms with Crippen LogP contribution in [0.3, 0.4) is 0 Å². The second kappa shape index (κ2) is 7.87. The number of ether oxygens (including phenoxy) is 1. The van der Waals surface area contributed by atoms with E-state index in [1.807, 2.05) is 39.0 Å². The second-order valence-corrected chi connectivity index (χ2v) is 6.73. The molecule has 2 amide bonds. The number of nitrogens with zero attached hydrogens (tertiary/aromatic N) is 1. The van der Waals surface area contributed by atoms with Gasteiger partial charge in [-0.05, 0) is 37.5 Å². The molecule has 0 saturated carbocycles. The minimum Gasteiger partial charge on any atom is -0.495 e. The van der Waals surface area contributed by atoms with Crippen molar-refractivity contribution in [2.24, 2.45) is 5.92 Å². The minimum atomic E-state index is -0.891. The van der Waals surface area contributed by atoms with E-state index in [-0.39, 0.29) is 24.8 Å². The van der Waals surface area contributed by atoms with E-state index in [1.165, 1.54) is 0 Å². The Morgan fingerprint density at radius 1 is 1.40 bits per heavy atom. The van der Waals surface area contributed by atoms with Crippen LogP contribution in [0.4, 0.5) is 5.69 Å². The molecule has 1 atom stereocenters. The molecule has 25 heavy (non-hydrogen) atoms. The molecule has 1 heterocycles. The van der Waals surface area contributed by atoms with Crippen molar-refractivity contribution in [3.05, 3.63) is 23.8 Å². The average molecular weight is 348 g/mol. The molecule has 1 saturated heterocycles. The van der Waals surface area contributed by atoms with Gasteiger partial charge >= 0.3 is 0 Å². The number of benzene rings is 1. The van der Waals surface area contributed by atoms with Crippen LogP contribution in [-0.2, 0) is 9.59 Å². The van der Waals surface area contributed by atoms with E-state index in [9.17, 15) is 14.7 Å². The van der Waals surface area contributed by atoms with Gasteiger partial charge in [-0.25, -0.2) is 0 Å². The summed E-state index contributed by atoms with van der Waals surface area (Å²) in [6, 6.07) is 5.64. The highest BCUT2D eigenvalue weighted by Crippen LogP contribution is 2.34. The highest BCUT2D eigenvalue weighted by molar-refractivity contribution is 6.01. The molecular formula is C19H28N2O4. The number of rotatable bonds is 7. The van der Waals surface area contributed by atoms with Gasteiger partial charge < -0.3 is 20.1 Å². The van der Waals surface area contributed by atoms with Gasteiger partial charge in [0.1, 0.15) is 5.75 Å². The van der Waals surface area contributed by atoms with Gasteiger partial charge in [0.2, 0.25) is 11.8 Å². The first-order valence-electron chi connectivity index (χ1n) is 8.78. The van der Waals surface area contributed by atoms with Gasteiger partial charge in [0.05, 0.1) is 24.3 Å². The van der Waals surface area contributed by atoms with Crippen molar-refractivity contribution in [1.29, 1.82) is 0 Å². The predicted octanol–water partition coefficient (Wildman–Crippen LogP) is 2.02. The maximum atomic E-state index is 12.4. The largest absolute Gasteiger partial charge is 0.495 e. The number of carbonyl (C=O) groups excluding carboxylic acids is 2. The molecule has 1 aliphatic rings. The van der Waals surface area contributed by atoms with Gasteiger partial charge in [0.25, 0.3) is 0 Å². The van der Waals surface area contributed by atoms with Crippen LogP contribution < -0.4 is 15.0 Å². The third-order valence-electron chi connectivity index (χ3n) is 5.03. The molecule has 6 heteroatoms. The zero-order valence-electron chi connectivity index (χ0n) is 15.5. The van der Waals surface area contributed by atoms with E-state index in [1.54, 1.807) is 12.0 Å². The summed E-state index contributed by atoms with van der Waals surface area (Å²) in [6.07, 6.45) is 1.31. The summed E-state index contributed by atoms with van der Waals surface area (Å²) >= 11 is 0. The molecule has 138 valence electrons. The first-order chi connectivity index (χ1) is 11.8. The smallest absolute Gasteiger partial charge is 0.227 e. The standard InChI is InChI=1S/C19H28N2O4/c1-5-19(24,6-2)12-20-18(23)14-10-17(22)21(11-14)15-9-13(3)7-8-16(15)25-4/h7-9,14,24H,5-6,10-12H2,1-4H3,(H,20,23). The monoisotopic (exact) mass is 348 g/mol. The Hall–Kier alpha value is -2.08. The molecule has 1 unspecified atom stereocenters. The van der Waals surface area contributed by atoms with E-state index in [2.05, 4.69) is 5.32 Å². The van der Waals surface area contributed by atoms with Crippen LogP contribution in [0.5, 0.6) is 5.75 Å². The molecule has 0 spiro atoms. The van der Waals surface area contributed by atoms with E-state index in [0.29, 0.717) is 30.8 Å². The number of anilines is 1. The fourth-order valence-corrected chi connectivity index (χ4v) is 3.02. The molecule has 1 fully saturated rings. The minimum absolute atomic E-state index is 0.0923. The molecule has 1 aromatic carbocycles. The average Bonchev–Trinajstić information content (AvgIpc) is 3.01. The normalized spacial score (nSPS) is 17.7. The topological polar surface area (TPSA) is 78.9 Å². The summed E-state index contributed by atoms with van der Waals surface area (Å²) in [5.74, 6) is -0.0879. The zero-order chi connectivity index (χ0) is 18.6. The molecule has 6 nitrogen and oxygen atoms in total. The van der Waals surface area contributed by atoms with E-state index in [4.69, 9.17) is 4.74 Å². The fourth-order valence-electron chi connectivity index (χ4n) is 3.02. The van der Waals surface area contributed by atoms with E-state index >= 15 is 0 Å². The molecular weight excluding hydrogens is 320 g/mol. The number of hydrogen-bond donors (Lipinski definition) is 2. The number of nitrogens with one attached hydrogen (secondary N) is 1. The van der Waals surface area contributed by atoms with Gasteiger partial charge in [-0.3, -0.25) is 9.59 Å². The lowest BCUT2D eigenvalue weighted by atomic mass is 9.97. The Bertz CT molecular complexity index is 640. The van der Waals surface area contributed by atoms with Crippen molar-refractivity contribution in [2.75, 3.05) is 25.1 Å². The number of aliphatic hydroxyl groups is 1. The molecule has 1 aromatic rings. The Morgan fingerprint density at radius 3 is 2.68 bits per heavy atom. The molecule has 2 N–H and O–H groups in total. The number of carbonyl (C=O) groups is 2. The zero-order valence-corrected chi connectivity index (χ0v) is 15.5. The number of methoxy groups -OCH3 is 1. The summed E-state index contributed by atoms with van der Waals surface area (Å²) in [5, 5.41) is 13.1. The van der Waals surface area contributed by atoms with Crippen molar-refractivity contribution in [3.63, 3.8) is 0 Å². The van der Waals surface area contributed by atoms with Crippen LogP contribution in [0, 0.1) is 12.8 Å². The van der Waals surface area contributed by atoms with Gasteiger partial charge in [-0.2, -0.15) is 0 Å². The van der Waals surface area contributed by atoms with Gasteiger partial charge in [-0.15, -0.1) is 0 Å². The first kappa shape index (κ1) is 19.2. The Labute approximate surface area is 149 Å². The van der Waals surface area contributed by atoms with Gasteiger partial charge in [0, 0.05) is 19.5 Å². The van der Waals surface area contributed by atoms with Crippen LogP contribution in [0.2, 0.25) is 0 Å². The summed E-state index contributed by atoms with van der Waals surface area (Å²) in [4.78, 5) is 26.5. The summed E-state index contributed by atoms with van der Waals surface area (Å²) in [7, 11) is 1.56. The molecule has 0 aliphatic carbocycles. The van der Waals surface area contributed by atoms with Crippen LogP contribution >= 0.6 is 0 Å². The maximum absolute atomic E-state index is 12.4. The van der Waals surface area contributed by atoms with Crippen molar-refractivity contribution in [2.45, 2.75) is 45.6 Å². The highest BCUT2D eigenvalue weighted by atomic mass is 16.5. The molecule has 0 bridgehead atoms. The third-order valence-corrected chi connectivity index (χ3v) is 5.03. The SMILES string of the molecule is CCC(O)(CC)CNC(=O)C1CC(=O)N(c2cc(C)ccc2OC)C1. The lowest BCUT2D eigenvalue weighted by Crippen LogP contribution is -2.44. The summed E-state index contributed by atoms with van der Waals surface area (Å²) < 4.78 is 5.35. The Balaban J connectivity index is 2.07. The van der Waals surface area contributed by atoms with Crippen LogP contribution in [0.25, 0.3) is 0 Å². The summed E-state index contributed by atoms with van der Waals surface area (Å²) in [6.45, 7) is 6.25. The fraction of sp³-hybridized carbons (Fsp3) is 0.579. The van der Waals surface area contributed by atoms with Crippen molar-refractivity contribution >= 4 is 17.5 Å². The number of aryl methyl sites for hydroxylation is 1. The Morgan fingerprint density at radius 2 is 2.08 bits per heavy atom. The molecule has 0 radical (unpaired) electrons. The first-order valence-corrected chi connectivity index (χ1v) is 8.78. The van der Waals surface area contributed by atoms with Crippen LogP contribution in [-0.4, -0.2) is 42.7 Å². The number of hydrogen-bond acceptors (Lipinski definition) is 4. The van der Waals surface area contributed by atoms with Gasteiger partial charge in [0.15, 0.2) is 0 Å². The van der Waals surface area contributed by atoms with Gasteiger partial charge in [-0.1, -0.05) is 19.9 Å². The summed E-state index contributed by atoms with van der Waals surface area (Å²) in [5.41, 5.74) is 0.825. The molecule has 2 rings (SSSR count). The van der Waals surface area contributed by atoms with Crippen molar-refractivity contribution in [1.82, 2.24) is 5.32 Å². The van der Waals surface area contributed by atoms with E-state index in [0.717, 1.165) is 5.56 Å². The lowest BCUT2D eigenvalue weighted by Gasteiger charge is -2.26. The van der Waals surface area contributed by atoms with Crippen molar-refractivity contribution in [3.8, 4) is 5.75 Å². The van der Waals surface area contributed by atoms with Crippen molar-refractivity contribution < 1.29 is 19.4 Å². The predicted molar refractivity (Wildman–Crippen MR) is 96.7 cm³/mol. The highest BCUT2D eigenvalue weighted by Gasteiger charge is 2.37. The lowest BCUT2D eigenvalue weighted by molar-refractivity contribution is -0.127. The number of amides is 2.